The second-order valence-corrected chi connectivity index (χ2v) is 4.85. The van der Waals surface area contributed by atoms with Gasteiger partial charge < -0.3 is 25.2 Å². The van der Waals surface area contributed by atoms with Crippen LogP contribution in [0.25, 0.3) is 0 Å². The van der Waals surface area contributed by atoms with Gasteiger partial charge in [-0.2, -0.15) is 0 Å². The van der Waals surface area contributed by atoms with Crippen LogP contribution in [0.1, 0.15) is 20.3 Å². The molecular weight excluding hydrogens is 252 g/mol. The smallest absolute Gasteiger partial charge is 0.314 e. The van der Waals surface area contributed by atoms with Gasteiger partial charge in [-0.15, -0.1) is 0 Å². The number of carbonyl (C=O) groups is 2. The molecule has 1 rings (SSSR count). The fourth-order valence-corrected chi connectivity index (χ4v) is 1.55. The quantitative estimate of drug-likeness (QED) is 0.643. The molecule has 0 aromatic heterocycles. The molecule has 3 N–H and O–H groups in total. The molecule has 0 aromatic rings. The van der Waals surface area contributed by atoms with Crippen molar-refractivity contribution in [2.24, 2.45) is 5.41 Å². The summed E-state index contributed by atoms with van der Waals surface area (Å²) in [7, 11) is 0. The molecule has 7 nitrogen and oxygen atoms in total. The number of carboxylic acids is 1. The third-order valence-corrected chi connectivity index (χ3v) is 3.31. The number of hydrogen-bond donors (Lipinski definition) is 3. The Morgan fingerprint density at radius 1 is 1.37 bits per heavy atom. The summed E-state index contributed by atoms with van der Waals surface area (Å²) in [6.07, 6.45) is 0.305. The molecule has 0 spiro atoms. The summed E-state index contributed by atoms with van der Waals surface area (Å²) in [5.74, 6) is -0.917. The zero-order valence-electron chi connectivity index (χ0n) is 11.4. The van der Waals surface area contributed by atoms with E-state index in [0.29, 0.717) is 32.8 Å². The van der Waals surface area contributed by atoms with Crippen LogP contribution in [-0.4, -0.2) is 56.1 Å². The van der Waals surface area contributed by atoms with Crippen molar-refractivity contribution in [2.45, 2.75) is 26.4 Å². The Kier molecular flexibility index (Phi) is 6.04. The third-order valence-electron chi connectivity index (χ3n) is 3.31. The molecule has 0 saturated carbocycles. The molecule has 1 aliphatic heterocycles. The van der Waals surface area contributed by atoms with Crippen molar-refractivity contribution in [2.75, 3.05) is 32.9 Å². The molecule has 110 valence electrons. The van der Waals surface area contributed by atoms with Crippen molar-refractivity contribution in [3.8, 4) is 0 Å². The SMILES string of the molecule is CCC(C)(CNC(=O)NCC1COCCO1)C(=O)O. The second-order valence-electron chi connectivity index (χ2n) is 4.85. The molecular formula is C12H22N2O5. The lowest BCUT2D eigenvalue weighted by Gasteiger charge is -2.25. The standard InChI is InChI=1S/C12H22N2O5/c1-3-12(2,10(15)16)8-14-11(17)13-6-9-7-18-4-5-19-9/h9H,3-8H2,1-2H3,(H,15,16)(H2,13,14,17). The van der Waals surface area contributed by atoms with Crippen molar-refractivity contribution in [1.29, 1.82) is 0 Å². The van der Waals surface area contributed by atoms with Crippen LogP contribution in [0.4, 0.5) is 4.79 Å². The predicted molar refractivity (Wildman–Crippen MR) is 68.0 cm³/mol. The molecule has 0 radical (unpaired) electrons. The van der Waals surface area contributed by atoms with E-state index >= 15 is 0 Å². The molecule has 0 aromatic carbocycles. The summed E-state index contributed by atoms with van der Waals surface area (Å²) in [6, 6.07) is -0.393. The summed E-state index contributed by atoms with van der Waals surface area (Å²) in [5.41, 5.74) is -0.943. The minimum atomic E-state index is -0.943. The van der Waals surface area contributed by atoms with Gasteiger partial charge in [0.05, 0.1) is 31.3 Å². The summed E-state index contributed by atoms with van der Waals surface area (Å²) in [6.45, 7) is 5.39. The van der Waals surface area contributed by atoms with Gasteiger partial charge >= 0.3 is 12.0 Å². The fourth-order valence-electron chi connectivity index (χ4n) is 1.55. The first-order chi connectivity index (χ1) is 8.98. The van der Waals surface area contributed by atoms with Crippen molar-refractivity contribution in [3.05, 3.63) is 0 Å². The molecule has 1 aliphatic rings. The van der Waals surface area contributed by atoms with E-state index in [2.05, 4.69) is 10.6 Å². The maximum atomic E-state index is 11.6. The number of nitrogens with one attached hydrogen (secondary N) is 2. The highest BCUT2D eigenvalue weighted by Gasteiger charge is 2.31. The van der Waals surface area contributed by atoms with E-state index in [9.17, 15) is 9.59 Å². The van der Waals surface area contributed by atoms with Crippen molar-refractivity contribution < 1.29 is 24.2 Å². The second kappa shape index (κ2) is 7.30. The Hall–Kier alpha value is -1.34. The van der Waals surface area contributed by atoms with E-state index in [1.807, 2.05) is 0 Å². The molecule has 1 saturated heterocycles. The van der Waals surface area contributed by atoms with E-state index < -0.39 is 17.4 Å². The summed E-state index contributed by atoms with van der Waals surface area (Å²) in [5, 5.41) is 14.3. The lowest BCUT2D eigenvalue weighted by atomic mass is 9.88. The first-order valence-corrected chi connectivity index (χ1v) is 6.42. The zero-order valence-corrected chi connectivity index (χ0v) is 11.4. The van der Waals surface area contributed by atoms with Crippen LogP contribution in [-0.2, 0) is 14.3 Å². The molecule has 0 bridgehead atoms. The van der Waals surface area contributed by atoms with Gasteiger partial charge in [0, 0.05) is 13.1 Å². The minimum absolute atomic E-state index is 0.0900. The summed E-state index contributed by atoms with van der Waals surface area (Å²) < 4.78 is 10.6. The third kappa shape index (κ3) is 5.04. The zero-order chi connectivity index (χ0) is 14.3. The van der Waals surface area contributed by atoms with Crippen LogP contribution < -0.4 is 10.6 Å². The Morgan fingerprint density at radius 2 is 2.11 bits per heavy atom. The number of carbonyl (C=O) groups excluding carboxylic acids is 1. The van der Waals surface area contributed by atoms with E-state index in [-0.39, 0.29) is 12.6 Å². The average molecular weight is 274 g/mol. The molecule has 2 unspecified atom stereocenters. The van der Waals surface area contributed by atoms with Gasteiger partial charge in [0.2, 0.25) is 0 Å². The van der Waals surface area contributed by atoms with Crippen LogP contribution in [0.2, 0.25) is 0 Å². The van der Waals surface area contributed by atoms with E-state index in [0.717, 1.165) is 0 Å². The highest BCUT2D eigenvalue weighted by molar-refractivity contribution is 5.77. The molecule has 1 heterocycles. The summed E-state index contributed by atoms with van der Waals surface area (Å²) >= 11 is 0. The first-order valence-electron chi connectivity index (χ1n) is 6.42. The van der Waals surface area contributed by atoms with Gasteiger partial charge in [0.25, 0.3) is 0 Å². The topological polar surface area (TPSA) is 96.9 Å². The minimum Gasteiger partial charge on any atom is -0.481 e. The Morgan fingerprint density at radius 3 is 2.63 bits per heavy atom. The molecule has 2 amide bonds. The van der Waals surface area contributed by atoms with Crippen LogP contribution >= 0.6 is 0 Å². The number of amides is 2. The lowest BCUT2D eigenvalue weighted by molar-refractivity contribution is -0.147. The number of aliphatic carboxylic acids is 1. The molecule has 0 aliphatic carbocycles. The molecule has 1 fully saturated rings. The van der Waals surface area contributed by atoms with Gasteiger partial charge in [-0.3, -0.25) is 4.79 Å². The fraction of sp³-hybridized carbons (Fsp3) is 0.833. The van der Waals surface area contributed by atoms with Crippen molar-refractivity contribution in [1.82, 2.24) is 10.6 Å². The maximum absolute atomic E-state index is 11.6. The van der Waals surface area contributed by atoms with Crippen LogP contribution in [0.3, 0.4) is 0 Å². The number of urea groups is 1. The molecule has 7 heteroatoms. The highest BCUT2D eigenvalue weighted by Crippen LogP contribution is 2.19. The van der Waals surface area contributed by atoms with Gasteiger partial charge in [-0.05, 0) is 13.3 Å². The number of ether oxygens (including phenoxy) is 2. The number of carboxylic acid groups (broad SMARTS) is 1. The van der Waals surface area contributed by atoms with Crippen LogP contribution in [0, 0.1) is 5.41 Å². The van der Waals surface area contributed by atoms with E-state index in [1.165, 1.54) is 0 Å². The Balaban J connectivity index is 2.25. The van der Waals surface area contributed by atoms with E-state index in [1.54, 1.807) is 13.8 Å². The van der Waals surface area contributed by atoms with Crippen LogP contribution in [0.5, 0.6) is 0 Å². The molecule has 19 heavy (non-hydrogen) atoms. The lowest BCUT2D eigenvalue weighted by Crippen LogP contribution is -2.47. The highest BCUT2D eigenvalue weighted by atomic mass is 16.6. The van der Waals surface area contributed by atoms with Crippen molar-refractivity contribution in [3.63, 3.8) is 0 Å². The normalized spacial score (nSPS) is 22.3. The first kappa shape index (κ1) is 15.7. The van der Waals surface area contributed by atoms with E-state index in [4.69, 9.17) is 14.6 Å². The van der Waals surface area contributed by atoms with Gasteiger partial charge in [-0.25, -0.2) is 4.79 Å². The number of rotatable bonds is 6. The summed E-state index contributed by atoms with van der Waals surface area (Å²) in [4.78, 5) is 22.6. The number of hydrogen-bond acceptors (Lipinski definition) is 4. The maximum Gasteiger partial charge on any atom is 0.314 e. The van der Waals surface area contributed by atoms with Gasteiger partial charge in [-0.1, -0.05) is 6.92 Å². The Labute approximate surface area is 112 Å². The molecule has 2 atom stereocenters. The predicted octanol–water partition coefficient (Wildman–Crippen LogP) is 0.202. The monoisotopic (exact) mass is 274 g/mol. The van der Waals surface area contributed by atoms with Crippen molar-refractivity contribution >= 4 is 12.0 Å². The van der Waals surface area contributed by atoms with Gasteiger partial charge in [0.1, 0.15) is 0 Å². The Bertz CT molecular complexity index is 317. The van der Waals surface area contributed by atoms with Gasteiger partial charge in [0.15, 0.2) is 0 Å². The largest absolute Gasteiger partial charge is 0.481 e. The average Bonchev–Trinajstić information content (AvgIpc) is 2.43. The van der Waals surface area contributed by atoms with Crippen LogP contribution in [0.15, 0.2) is 0 Å².